The summed E-state index contributed by atoms with van der Waals surface area (Å²) in [7, 11) is 0. The maximum atomic E-state index is 12.2. The van der Waals surface area contributed by atoms with Crippen LogP contribution in [0.2, 0.25) is 0 Å². The Morgan fingerprint density at radius 3 is 2.54 bits per heavy atom. The predicted molar refractivity (Wildman–Crippen MR) is 97.2 cm³/mol. The summed E-state index contributed by atoms with van der Waals surface area (Å²) in [6.45, 7) is 2.74. The molecular formula is C19H30N4O. The Kier molecular flexibility index (Phi) is 6.33. The molecule has 0 aromatic carbocycles. The van der Waals surface area contributed by atoms with Gasteiger partial charge in [-0.25, -0.2) is 9.78 Å². The second-order valence-electron chi connectivity index (χ2n) is 7.09. The van der Waals surface area contributed by atoms with Crippen molar-refractivity contribution in [3.05, 3.63) is 23.9 Å². The van der Waals surface area contributed by atoms with E-state index in [9.17, 15) is 4.79 Å². The Bertz CT molecular complexity index is 520. The van der Waals surface area contributed by atoms with Crippen molar-refractivity contribution >= 4 is 11.8 Å². The molecule has 5 nitrogen and oxygen atoms in total. The second kappa shape index (κ2) is 8.90. The van der Waals surface area contributed by atoms with E-state index in [4.69, 9.17) is 0 Å². The fraction of sp³-hybridized carbons (Fsp3) is 0.684. The fourth-order valence-electron chi connectivity index (χ4n) is 3.71. The molecule has 0 radical (unpaired) electrons. The molecule has 132 valence electrons. The van der Waals surface area contributed by atoms with Gasteiger partial charge in [0.15, 0.2) is 0 Å². The summed E-state index contributed by atoms with van der Waals surface area (Å²) >= 11 is 0. The van der Waals surface area contributed by atoms with E-state index >= 15 is 0 Å². The average molecular weight is 330 g/mol. The molecule has 1 aliphatic heterocycles. The number of carbonyl (C=O) groups is 1. The van der Waals surface area contributed by atoms with E-state index in [1.165, 1.54) is 44.9 Å². The summed E-state index contributed by atoms with van der Waals surface area (Å²) in [6, 6.07) is 4.37. The van der Waals surface area contributed by atoms with Gasteiger partial charge >= 0.3 is 6.03 Å². The van der Waals surface area contributed by atoms with E-state index in [2.05, 4.69) is 26.6 Å². The number of pyridine rings is 1. The van der Waals surface area contributed by atoms with Crippen LogP contribution in [0.15, 0.2) is 18.3 Å². The molecule has 0 spiro atoms. The van der Waals surface area contributed by atoms with Crippen molar-refractivity contribution < 1.29 is 4.79 Å². The lowest BCUT2D eigenvalue weighted by Crippen LogP contribution is -2.42. The maximum Gasteiger partial charge on any atom is 0.315 e. The zero-order valence-electron chi connectivity index (χ0n) is 14.6. The van der Waals surface area contributed by atoms with Gasteiger partial charge in [0, 0.05) is 31.9 Å². The van der Waals surface area contributed by atoms with Gasteiger partial charge in [0.2, 0.25) is 0 Å². The van der Waals surface area contributed by atoms with Gasteiger partial charge in [0.1, 0.15) is 5.82 Å². The molecule has 0 unspecified atom stereocenters. The number of hydrogen-bond acceptors (Lipinski definition) is 3. The van der Waals surface area contributed by atoms with Crippen molar-refractivity contribution in [2.75, 3.05) is 18.0 Å². The molecule has 1 aromatic rings. The van der Waals surface area contributed by atoms with Crippen LogP contribution in [-0.2, 0) is 6.54 Å². The molecule has 0 atom stereocenters. The molecule has 0 bridgehead atoms. The lowest BCUT2D eigenvalue weighted by molar-refractivity contribution is 0.233. The Labute approximate surface area is 145 Å². The van der Waals surface area contributed by atoms with E-state index in [1.54, 1.807) is 0 Å². The zero-order valence-corrected chi connectivity index (χ0v) is 14.6. The van der Waals surface area contributed by atoms with Gasteiger partial charge in [0.25, 0.3) is 0 Å². The van der Waals surface area contributed by atoms with Gasteiger partial charge in [-0.2, -0.15) is 0 Å². The number of anilines is 1. The molecule has 1 saturated carbocycles. The van der Waals surface area contributed by atoms with Crippen LogP contribution in [0.4, 0.5) is 10.6 Å². The molecule has 24 heavy (non-hydrogen) atoms. The van der Waals surface area contributed by atoms with E-state index in [-0.39, 0.29) is 6.03 Å². The Morgan fingerprint density at radius 2 is 1.79 bits per heavy atom. The average Bonchev–Trinajstić information content (AvgIpc) is 3.10. The minimum Gasteiger partial charge on any atom is -0.357 e. The SMILES string of the molecule is O=C(NCc1ccnc(N2CCCC2)c1)NC1CCCCCCC1. The minimum absolute atomic E-state index is 0.0416. The van der Waals surface area contributed by atoms with Gasteiger partial charge < -0.3 is 15.5 Å². The van der Waals surface area contributed by atoms with Crippen molar-refractivity contribution in [3.63, 3.8) is 0 Å². The highest BCUT2D eigenvalue weighted by molar-refractivity contribution is 5.74. The molecule has 1 saturated heterocycles. The first-order valence-electron chi connectivity index (χ1n) is 9.55. The normalized spacial score (nSPS) is 19.6. The third-order valence-corrected chi connectivity index (χ3v) is 5.13. The van der Waals surface area contributed by atoms with Crippen LogP contribution in [0.5, 0.6) is 0 Å². The molecule has 2 amide bonds. The number of carbonyl (C=O) groups excluding carboxylic acids is 1. The maximum absolute atomic E-state index is 12.2. The smallest absolute Gasteiger partial charge is 0.315 e. The first-order valence-corrected chi connectivity index (χ1v) is 9.55. The molecule has 5 heteroatoms. The third kappa shape index (κ3) is 5.11. The fourth-order valence-corrected chi connectivity index (χ4v) is 3.71. The number of amides is 2. The minimum atomic E-state index is -0.0416. The Hall–Kier alpha value is -1.78. The number of nitrogens with one attached hydrogen (secondary N) is 2. The Balaban J connectivity index is 1.46. The number of aromatic nitrogens is 1. The van der Waals surface area contributed by atoms with E-state index < -0.39 is 0 Å². The summed E-state index contributed by atoms with van der Waals surface area (Å²) < 4.78 is 0. The van der Waals surface area contributed by atoms with Crippen LogP contribution >= 0.6 is 0 Å². The molecule has 2 N–H and O–H groups in total. The molecule has 2 fully saturated rings. The predicted octanol–water partition coefficient (Wildman–Crippen LogP) is 3.59. The first-order chi connectivity index (χ1) is 11.8. The first kappa shape index (κ1) is 17.1. The van der Waals surface area contributed by atoms with Crippen molar-refractivity contribution in [2.24, 2.45) is 0 Å². The van der Waals surface area contributed by atoms with Crippen molar-refractivity contribution in [3.8, 4) is 0 Å². The Morgan fingerprint density at radius 1 is 1.08 bits per heavy atom. The monoisotopic (exact) mass is 330 g/mol. The molecular weight excluding hydrogens is 300 g/mol. The van der Waals surface area contributed by atoms with Crippen LogP contribution in [-0.4, -0.2) is 30.1 Å². The number of hydrogen-bond donors (Lipinski definition) is 2. The van der Waals surface area contributed by atoms with Crippen LogP contribution < -0.4 is 15.5 Å². The summed E-state index contributed by atoms with van der Waals surface area (Å²) in [6.07, 6.45) is 13.0. The summed E-state index contributed by atoms with van der Waals surface area (Å²) in [4.78, 5) is 19.0. The number of rotatable bonds is 4. The lowest BCUT2D eigenvalue weighted by atomic mass is 9.97. The van der Waals surface area contributed by atoms with E-state index in [0.717, 1.165) is 37.3 Å². The molecule has 1 aliphatic carbocycles. The molecule has 1 aromatic heterocycles. The zero-order chi connectivity index (χ0) is 16.6. The van der Waals surface area contributed by atoms with Crippen LogP contribution in [0.1, 0.15) is 63.4 Å². The quantitative estimate of drug-likeness (QED) is 0.887. The van der Waals surface area contributed by atoms with Crippen molar-refractivity contribution in [1.82, 2.24) is 15.6 Å². The third-order valence-electron chi connectivity index (χ3n) is 5.13. The van der Waals surface area contributed by atoms with E-state index in [1.807, 2.05) is 12.3 Å². The van der Waals surface area contributed by atoms with Gasteiger partial charge in [-0.15, -0.1) is 0 Å². The van der Waals surface area contributed by atoms with Crippen LogP contribution in [0.25, 0.3) is 0 Å². The number of urea groups is 1. The highest BCUT2D eigenvalue weighted by Crippen LogP contribution is 2.19. The van der Waals surface area contributed by atoms with Gasteiger partial charge in [-0.3, -0.25) is 0 Å². The molecule has 2 heterocycles. The van der Waals surface area contributed by atoms with Crippen molar-refractivity contribution in [2.45, 2.75) is 70.4 Å². The number of nitrogens with zero attached hydrogens (tertiary/aromatic N) is 2. The van der Waals surface area contributed by atoms with Gasteiger partial charge in [-0.05, 0) is 43.4 Å². The lowest BCUT2D eigenvalue weighted by Gasteiger charge is -2.21. The molecule has 3 rings (SSSR count). The summed E-state index contributed by atoms with van der Waals surface area (Å²) in [5.74, 6) is 1.03. The van der Waals surface area contributed by atoms with E-state index in [0.29, 0.717) is 12.6 Å². The molecule has 2 aliphatic rings. The van der Waals surface area contributed by atoms with Gasteiger partial charge in [0.05, 0.1) is 0 Å². The highest BCUT2D eigenvalue weighted by Gasteiger charge is 2.15. The standard InChI is InChI=1S/C19H30N4O/c24-19(22-17-8-4-2-1-3-5-9-17)21-15-16-10-11-20-18(14-16)23-12-6-7-13-23/h10-11,14,17H,1-9,12-13,15H2,(H2,21,22,24). The van der Waals surface area contributed by atoms with Crippen molar-refractivity contribution in [1.29, 1.82) is 0 Å². The summed E-state index contributed by atoms with van der Waals surface area (Å²) in [5, 5.41) is 6.15. The largest absolute Gasteiger partial charge is 0.357 e. The summed E-state index contributed by atoms with van der Waals surface area (Å²) in [5.41, 5.74) is 1.11. The van der Waals surface area contributed by atoms with Gasteiger partial charge in [-0.1, -0.05) is 32.1 Å². The highest BCUT2D eigenvalue weighted by atomic mass is 16.2. The van der Waals surface area contributed by atoms with Crippen LogP contribution in [0.3, 0.4) is 0 Å². The second-order valence-corrected chi connectivity index (χ2v) is 7.09. The topological polar surface area (TPSA) is 57.3 Å². The van der Waals surface area contributed by atoms with Crippen LogP contribution in [0, 0.1) is 0 Å².